The second-order valence-electron chi connectivity index (χ2n) is 11.1. The normalized spacial score (nSPS) is 17.7. The number of amides is 3. The Bertz CT molecular complexity index is 1260. The molecule has 2 aliphatic rings. The largest absolute Gasteiger partial charge is 0.497 e. The van der Waals surface area contributed by atoms with Crippen molar-refractivity contribution in [2.45, 2.75) is 38.8 Å². The lowest BCUT2D eigenvalue weighted by Crippen LogP contribution is -2.53. The Kier molecular flexibility index (Phi) is 9.82. The summed E-state index contributed by atoms with van der Waals surface area (Å²) in [6.07, 6.45) is 0.262. The molecule has 0 saturated carbocycles. The smallest absolute Gasteiger partial charge is 0.318 e. The van der Waals surface area contributed by atoms with Crippen LogP contribution in [-0.4, -0.2) is 98.2 Å². The fourth-order valence-electron chi connectivity index (χ4n) is 4.92. The predicted molar refractivity (Wildman–Crippen MR) is 154 cm³/mol. The van der Waals surface area contributed by atoms with E-state index >= 15 is 0 Å². The van der Waals surface area contributed by atoms with Crippen molar-refractivity contribution in [2.24, 2.45) is 5.10 Å². The number of carbonyl (C=O) groups excluding carboxylic acids is 2. The van der Waals surface area contributed by atoms with Crippen LogP contribution in [0.5, 0.6) is 11.5 Å². The van der Waals surface area contributed by atoms with E-state index in [0.717, 1.165) is 13.1 Å². The molecule has 0 spiro atoms. The Morgan fingerprint density at radius 2 is 1.85 bits per heavy atom. The monoisotopic (exact) mass is 569 g/mol. The van der Waals surface area contributed by atoms with Crippen LogP contribution in [0.15, 0.2) is 47.6 Å². The van der Waals surface area contributed by atoms with Gasteiger partial charge < -0.3 is 24.4 Å². The zero-order chi connectivity index (χ0) is 29.6. The van der Waals surface area contributed by atoms with Crippen LogP contribution in [0.25, 0.3) is 0 Å². The lowest BCUT2D eigenvalue weighted by atomic mass is 9.97. The lowest BCUT2D eigenvalue weighted by Gasteiger charge is -2.33. The van der Waals surface area contributed by atoms with Crippen LogP contribution in [0.2, 0.25) is 0 Å². The molecule has 1 atom stereocenters. The fourth-order valence-corrected chi connectivity index (χ4v) is 4.92. The van der Waals surface area contributed by atoms with Crippen LogP contribution in [0, 0.1) is 5.82 Å². The zero-order valence-electron chi connectivity index (χ0n) is 24.5. The highest BCUT2D eigenvalue weighted by molar-refractivity contribution is 6.03. The third kappa shape index (κ3) is 7.74. The van der Waals surface area contributed by atoms with Gasteiger partial charge in [-0.3, -0.25) is 9.69 Å². The summed E-state index contributed by atoms with van der Waals surface area (Å²) in [5.74, 6) is 0.323. The Morgan fingerprint density at radius 3 is 2.51 bits per heavy atom. The average Bonchev–Trinajstić information content (AvgIpc) is 3.40. The van der Waals surface area contributed by atoms with E-state index in [1.807, 2.05) is 20.8 Å². The van der Waals surface area contributed by atoms with Gasteiger partial charge in [-0.05, 0) is 45.0 Å². The molecule has 11 heteroatoms. The van der Waals surface area contributed by atoms with Gasteiger partial charge in [0.1, 0.15) is 23.9 Å². The molecule has 4 rings (SSSR count). The van der Waals surface area contributed by atoms with Gasteiger partial charge >= 0.3 is 6.03 Å². The molecule has 1 saturated heterocycles. The van der Waals surface area contributed by atoms with E-state index in [2.05, 4.69) is 15.3 Å². The molecule has 41 heavy (non-hydrogen) atoms. The fraction of sp³-hybridized carbons (Fsp3) is 0.500. The van der Waals surface area contributed by atoms with E-state index in [4.69, 9.17) is 14.2 Å². The minimum Gasteiger partial charge on any atom is -0.497 e. The van der Waals surface area contributed by atoms with Crippen molar-refractivity contribution < 1.29 is 28.2 Å². The average molecular weight is 570 g/mol. The SMILES string of the molecule is COc1ccc(OC)c([C@H]2CC(c3ccccc3F)=NN2C(=O)CN(CCN2CCOCC2)C(=O)NC(C)(C)C)c1. The highest BCUT2D eigenvalue weighted by Crippen LogP contribution is 2.39. The van der Waals surface area contributed by atoms with Crippen molar-refractivity contribution in [2.75, 3.05) is 60.2 Å². The Labute approximate surface area is 241 Å². The van der Waals surface area contributed by atoms with Crippen LogP contribution in [0.1, 0.15) is 44.4 Å². The number of halogens is 1. The molecule has 222 valence electrons. The molecule has 0 aliphatic carbocycles. The minimum absolute atomic E-state index is 0.205. The number of rotatable bonds is 9. The molecule has 1 fully saturated rings. The number of morpholine rings is 1. The summed E-state index contributed by atoms with van der Waals surface area (Å²) in [4.78, 5) is 31.0. The maximum atomic E-state index is 14.8. The Morgan fingerprint density at radius 1 is 1.12 bits per heavy atom. The minimum atomic E-state index is -0.589. The quantitative estimate of drug-likeness (QED) is 0.495. The summed E-state index contributed by atoms with van der Waals surface area (Å²) in [5, 5.41) is 8.95. The van der Waals surface area contributed by atoms with Gasteiger partial charge in [0.05, 0.1) is 39.2 Å². The van der Waals surface area contributed by atoms with E-state index < -0.39 is 23.3 Å². The maximum Gasteiger partial charge on any atom is 0.318 e. The maximum absolute atomic E-state index is 14.8. The van der Waals surface area contributed by atoms with Gasteiger partial charge in [-0.25, -0.2) is 14.2 Å². The van der Waals surface area contributed by atoms with Gasteiger partial charge in [0.15, 0.2) is 0 Å². The number of hydrogen-bond donors (Lipinski definition) is 1. The molecule has 0 bridgehead atoms. The first-order valence-corrected chi connectivity index (χ1v) is 13.8. The first-order chi connectivity index (χ1) is 19.6. The Hall–Kier alpha value is -3.70. The van der Waals surface area contributed by atoms with Crippen LogP contribution in [-0.2, 0) is 9.53 Å². The first-order valence-electron chi connectivity index (χ1n) is 13.8. The van der Waals surface area contributed by atoms with Crippen LogP contribution in [0.3, 0.4) is 0 Å². The third-order valence-electron chi connectivity index (χ3n) is 7.03. The van der Waals surface area contributed by atoms with E-state index in [1.54, 1.807) is 50.6 Å². The second kappa shape index (κ2) is 13.3. The predicted octanol–water partition coefficient (Wildman–Crippen LogP) is 3.66. The molecular weight excluding hydrogens is 529 g/mol. The molecule has 0 radical (unpaired) electrons. The van der Waals surface area contributed by atoms with Gasteiger partial charge in [-0.15, -0.1) is 0 Å². The highest BCUT2D eigenvalue weighted by atomic mass is 19.1. The highest BCUT2D eigenvalue weighted by Gasteiger charge is 2.37. The number of hydrogen-bond acceptors (Lipinski definition) is 7. The van der Waals surface area contributed by atoms with Crippen molar-refractivity contribution in [3.8, 4) is 11.5 Å². The third-order valence-corrected chi connectivity index (χ3v) is 7.03. The summed E-state index contributed by atoms with van der Waals surface area (Å²) in [5.41, 5.74) is 0.946. The van der Waals surface area contributed by atoms with Crippen molar-refractivity contribution >= 4 is 17.6 Å². The number of urea groups is 1. The number of methoxy groups -OCH3 is 2. The van der Waals surface area contributed by atoms with Gasteiger partial charge in [-0.2, -0.15) is 5.10 Å². The van der Waals surface area contributed by atoms with E-state index in [9.17, 15) is 14.0 Å². The van der Waals surface area contributed by atoms with Crippen molar-refractivity contribution in [3.63, 3.8) is 0 Å². The molecule has 0 aromatic heterocycles. The van der Waals surface area contributed by atoms with Gasteiger partial charge in [0, 0.05) is 49.3 Å². The molecule has 1 N–H and O–H groups in total. The topological polar surface area (TPSA) is 95.9 Å². The molecule has 2 aromatic carbocycles. The molecule has 2 heterocycles. The van der Waals surface area contributed by atoms with E-state index in [-0.39, 0.29) is 19.0 Å². The van der Waals surface area contributed by atoms with Crippen LogP contribution >= 0.6 is 0 Å². The zero-order valence-corrected chi connectivity index (χ0v) is 24.5. The molecular formula is C30H40FN5O5. The number of carbonyl (C=O) groups is 2. The Balaban J connectivity index is 1.65. The molecule has 2 aromatic rings. The van der Waals surface area contributed by atoms with Crippen molar-refractivity contribution in [3.05, 3.63) is 59.4 Å². The molecule has 2 aliphatic heterocycles. The molecule has 0 unspecified atom stereocenters. The van der Waals surface area contributed by atoms with Crippen molar-refractivity contribution in [1.82, 2.24) is 20.1 Å². The molecule has 3 amide bonds. The van der Waals surface area contributed by atoms with Gasteiger partial charge in [0.25, 0.3) is 5.91 Å². The second-order valence-corrected chi connectivity index (χ2v) is 11.1. The summed E-state index contributed by atoms with van der Waals surface area (Å²) in [6.45, 7) is 9.23. The lowest BCUT2D eigenvalue weighted by molar-refractivity contribution is -0.133. The standard InChI is InChI=1S/C30H40FN5O5/c1-30(2,3)32-29(38)35(13-12-34-14-16-41-17-15-34)20-28(37)36-26(23-18-21(39-4)10-11-27(23)40-5)19-25(33-36)22-8-6-7-9-24(22)31/h6-11,18,26H,12-17,19-20H2,1-5H3,(H,32,38)/t26-/m1/s1. The van der Waals surface area contributed by atoms with Gasteiger partial charge in [-0.1, -0.05) is 18.2 Å². The summed E-state index contributed by atoms with van der Waals surface area (Å²) in [6, 6.07) is 10.8. The number of nitrogens with zero attached hydrogens (tertiary/aromatic N) is 4. The first kappa shape index (κ1) is 30.3. The molecule has 10 nitrogen and oxygen atoms in total. The van der Waals surface area contributed by atoms with Crippen molar-refractivity contribution in [1.29, 1.82) is 0 Å². The van der Waals surface area contributed by atoms with Crippen LogP contribution < -0.4 is 14.8 Å². The summed E-state index contributed by atoms with van der Waals surface area (Å²) in [7, 11) is 3.11. The summed E-state index contributed by atoms with van der Waals surface area (Å²) >= 11 is 0. The number of nitrogens with one attached hydrogen (secondary N) is 1. The summed E-state index contributed by atoms with van der Waals surface area (Å²) < 4.78 is 31.3. The van der Waals surface area contributed by atoms with E-state index in [1.165, 1.54) is 16.0 Å². The van der Waals surface area contributed by atoms with E-state index in [0.29, 0.717) is 54.6 Å². The van der Waals surface area contributed by atoms with Gasteiger partial charge in [0.2, 0.25) is 0 Å². The number of ether oxygens (including phenoxy) is 3. The number of benzene rings is 2. The van der Waals surface area contributed by atoms with Crippen LogP contribution in [0.4, 0.5) is 9.18 Å². The number of hydrazone groups is 1.